The van der Waals surface area contributed by atoms with E-state index in [1.165, 1.54) is 0 Å². The molecule has 0 saturated carbocycles. The predicted octanol–water partition coefficient (Wildman–Crippen LogP) is 1.74. The molecule has 6 heteroatoms. The van der Waals surface area contributed by atoms with Crippen molar-refractivity contribution in [2.75, 3.05) is 39.8 Å². The molecule has 0 spiro atoms. The molecule has 0 bridgehead atoms. The van der Waals surface area contributed by atoms with Gasteiger partial charge in [0.15, 0.2) is 6.61 Å². The fourth-order valence-corrected chi connectivity index (χ4v) is 4.59. The summed E-state index contributed by atoms with van der Waals surface area (Å²) in [5.74, 6) is 0.717. The summed E-state index contributed by atoms with van der Waals surface area (Å²) < 4.78 is 5.65. The first kappa shape index (κ1) is 19.5. The molecule has 2 saturated heterocycles. The highest BCUT2D eigenvalue weighted by atomic mass is 16.5. The van der Waals surface area contributed by atoms with Crippen LogP contribution in [0.5, 0.6) is 5.75 Å². The van der Waals surface area contributed by atoms with Crippen LogP contribution in [0.2, 0.25) is 0 Å². The number of nitrogens with one attached hydrogen (secondary N) is 1. The molecular formula is C23H27N3O3. The highest BCUT2D eigenvalue weighted by Gasteiger charge is 2.48. The number of amides is 2. The van der Waals surface area contributed by atoms with E-state index in [0.717, 1.165) is 18.7 Å². The molecule has 3 atom stereocenters. The normalized spacial score (nSPS) is 24.0. The molecule has 1 N–H and O–H groups in total. The molecule has 2 aliphatic heterocycles. The third kappa shape index (κ3) is 4.12. The molecule has 2 fully saturated rings. The topological polar surface area (TPSA) is 61.9 Å². The lowest BCUT2D eigenvalue weighted by atomic mass is 9.83. The third-order valence-corrected chi connectivity index (χ3v) is 6.04. The van der Waals surface area contributed by atoms with E-state index in [1.54, 1.807) is 7.05 Å². The van der Waals surface area contributed by atoms with Crippen molar-refractivity contribution in [2.45, 2.75) is 12.0 Å². The SMILES string of the molecule is CNC(=O)[C@@H]1CN2CCN(C(=O)COc3ccccc3)C[C@@H]2[C@H]1c1ccccc1. The van der Waals surface area contributed by atoms with Gasteiger partial charge in [0.25, 0.3) is 5.91 Å². The van der Waals surface area contributed by atoms with E-state index in [4.69, 9.17) is 4.74 Å². The van der Waals surface area contributed by atoms with Crippen molar-refractivity contribution < 1.29 is 14.3 Å². The van der Waals surface area contributed by atoms with Gasteiger partial charge in [0, 0.05) is 45.2 Å². The minimum Gasteiger partial charge on any atom is -0.484 e. The summed E-state index contributed by atoms with van der Waals surface area (Å²) in [5, 5.41) is 2.82. The van der Waals surface area contributed by atoms with Crippen molar-refractivity contribution in [3.63, 3.8) is 0 Å². The van der Waals surface area contributed by atoms with Crippen LogP contribution >= 0.6 is 0 Å². The lowest BCUT2D eigenvalue weighted by Gasteiger charge is -2.39. The molecule has 4 rings (SSSR count). The molecule has 0 unspecified atom stereocenters. The number of piperazine rings is 1. The van der Waals surface area contributed by atoms with Gasteiger partial charge in [-0.15, -0.1) is 0 Å². The molecule has 2 aliphatic rings. The summed E-state index contributed by atoms with van der Waals surface area (Å²) in [6.45, 7) is 2.82. The zero-order chi connectivity index (χ0) is 20.2. The van der Waals surface area contributed by atoms with Gasteiger partial charge in [-0.05, 0) is 17.7 Å². The Morgan fingerprint density at radius 1 is 1.00 bits per heavy atom. The fourth-order valence-electron chi connectivity index (χ4n) is 4.59. The first-order chi connectivity index (χ1) is 14.2. The summed E-state index contributed by atoms with van der Waals surface area (Å²) in [6.07, 6.45) is 0. The van der Waals surface area contributed by atoms with Gasteiger partial charge in [-0.2, -0.15) is 0 Å². The van der Waals surface area contributed by atoms with Crippen LogP contribution in [0.4, 0.5) is 0 Å². The number of hydrogen-bond acceptors (Lipinski definition) is 4. The number of nitrogens with zero attached hydrogens (tertiary/aromatic N) is 2. The smallest absolute Gasteiger partial charge is 0.260 e. The standard InChI is InChI=1S/C23H27N3O3/c1-24-23(28)19-14-25-12-13-26(21(27)16-29-18-10-6-3-7-11-18)15-20(25)22(19)17-8-4-2-5-9-17/h2-11,19-20,22H,12-16H2,1H3,(H,24,28)/t19-,20-,22+/m1/s1. The third-order valence-electron chi connectivity index (χ3n) is 6.04. The molecule has 0 aromatic heterocycles. The Morgan fingerprint density at radius 3 is 2.38 bits per heavy atom. The number of benzene rings is 2. The van der Waals surface area contributed by atoms with Gasteiger partial charge in [-0.3, -0.25) is 14.5 Å². The van der Waals surface area contributed by atoms with E-state index < -0.39 is 0 Å². The Labute approximate surface area is 171 Å². The number of carbonyl (C=O) groups excluding carboxylic acids is 2. The Hall–Kier alpha value is -2.86. The van der Waals surface area contributed by atoms with E-state index in [1.807, 2.05) is 53.4 Å². The first-order valence-corrected chi connectivity index (χ1v) is 10.1. The van der Waals surface area contributed by atoms with E-state index >= 15 is 0 Å². The number of ether oxygens (including phenoxy) is 1. The van der Waals surface area contributed by atoms with Crippen LogP contribution in [-0.2, 0) is 9.59 Å². The summed E-state index contributed by atoms with van der Waals surface area (Å²) >= 11 is 0. The maximum Gasteiger partial charge on any atom is 0.260 e. The summed E-state index contributed by atoms with van der Waals surface area (Å²) in [4.78, 5) is 29.6. The molecule has 2 amide bonds. The van der Waals surface area contributed by atoms with Crippen LogP contribution in [-0.4, -0.2) is 67.5 Å². The molecule has 2 heterocycles. The minimum atomic E-state index is -0.108. The monoisotopic (exact) mass is 393 g/mol. The van der Waals surface area contributed by atoms with Gasteiger partial charge in [0.1, 0.15) is 5.75 Å². The van der Waals surface area contributed by atoms with Crippen molar-refractivity contribution in [3.8, 4) is 5.75 Å². The molecule has 0 aliphatic carbocycles. The van der Waals surface area contributed by atoms with Crippen LogP contribution in [0.25, 0.3) is 0 Å². The van der Waals surface area contributed by atoms with Gasteiger partial charge in [-0.1, -0.05) is 48.5 Å². The number of fused-ring (bicyclic) bond motifs is 1. The first-order valence-electron chi connectivity index (χ1n) is 10.1. The fraction of sp³-hybridized carbons (Fsp3) is 0.391. The predicted molar refractivity (Wildman–Crippen MR) is 111 cm³/mol. The maximum absolute atomic E-state index is 12.8. The Morgan fingerprint density at radius 2 is 1.69 bits per heavy atom. The second kappa shape index (κ2) is 8.66. The molecule has 2 aromatic carbocycles. The quantitative estimate of drug-likeness (QED) is 0.841. The number of para-hydroxylation sites is 1. The van der Waals surface area contributed by atoms with Crippen LogP contribution in [0, 0.1) is 5.92 Å². The second-order valence-electron chi connectivity index (χ2n) is 7.66. The average molecular weight is 393 g/mol. The van der Waals surface area contributed by atoms with Gasteiger partial charge in [0.2, 0.25) is 5.91 Å². The zero-order valence-electron chi connectivity index (χ0n) is 16.7. The van der Waals surface area contributed by atoms with Crippen LogP contribution in [0.1, 0.15) is 11.5 Å². The average Bonchev–Trinajstić information content (AvgIpc) is 3.17. The van der Waals surface area contributed by atoms with Gasteiger partial charge >= 0.3 is 0 Å². The van der Waals surface area contributed by atoms with E-state index in [0.29, 0.717) is 18.8 Å². The molecule has 2 aromatic rings. The summed E-state index contributed by atoms with van der Waals surface area (Å²) in [6, 6.07) is 19.7. The molecule has 0 radical (unpaired) electrons. The molecular weight excluding hydrogens is 366 g/mol. The van der Waals surface area contributed by atoms with Gasteiger partial charge in [0.05, 0.1) is 5.92 Å². The highest BCUT2D eigenvalue weighted by molar-refractivity contribution is 5.81. The molecule has 152 valence electrons. The molecule has 29 heavy (non-hydrogen) atoms. The highest BCUT2D eigenvalue weighted by Crippen LogP contribution is 2.40. The number of rotatable bonds is 5. The van der Waals surface area contributed by atoms with Gasteiger partial charge in [-0.25, -0.2) is 0 Å². The van der Waals surface area contributed by atoms with Crippen molar-refractivity contribution in [3.05, 3.63) is 66.2 Å². The lowest BCUT2D eigenvalue weighted by molar-refractivity contribution is -0.136. The maximum atomic E-state index is 12.8. The van der Waals surface area contributed by atoms with E-state index in [2.05, 4.69) is 22.3 Å². The number of hydrogen-bond donors (Lipinski definition) is 1. The van der Waals surface area contributed by atoms with Crippen molar-refractivity contribution in [1.82, 2.24) is 15.1 Å². The van der Waals surface area contributed by atoms with Crippen molar-refractivity contribution in [1.29, 1.82) is 0 Å². The summed E-state index contributed by atoms with van der Waals surface area (Å²) in [7, 11) is 1.69. The van der Waals surface area contributed by atoms with Crippen LogP contribution in [0.15, 0.2) is 60.7 Å². The van der Waals surface area contributed by atoms with Crippen molar-refractivity contribution in [2.24, 2.45) is 5.92 Å². The largest absolute Gasteiger partial charge is 0.484 e. The zero-order valence-corrected chi connectivity index (χ0v) is 16.7. The minimum absolute atomic E-state index is 0.0105. The van der Waals surface area contributed by atoms with E-state index in [-0.39, 0.29) is 36.3 Å². The second-order valence-corrected chi connectivity index (χ2v) is 7.66. The Balaban J connectivity index is 1.48. The van der Waals surface area contributed by atoms with Gasteiger partial charge < -0.3 is 15.0 Å². The van der Waals surface area contributed by atoms with Crippen LogP contribution in [0.3, 0.4) is 0 Å². The van der Waals surface area contributed by atoms with Crippen molar-refractivity contribution >= 4 is 11.8 Å². The lowest BCUT2D eigenvalue weighted by Crippen LogP contribution is -2.54. The number of carbonyl (C=O) groups is 2. The Kier molecular flexibility index (Phi) is 5.81. The summed E-state index contributed by atoms with van der Waals surface area (Å²) in [5.41, 5.74) is 1.16. The van der Waals surface area contributed by atoms with E-state index in [9.17, 15) is 9.59 Å². The Bertz CT molecular complexity index is 843. The van der Waals surface area contributed by atoms with Crippen LogP contribution < -0.4 is 10.1 Å². The molecule has 6 nitrogen and oxygen atoms in total.